The van der Waals surface area contributed by atoms with Gasteiger partial charge >= 0.3 is 0 Å². The Labute approximate surface area is 104 Å². The Balaban J connectivity index is 2.10. The first-order valence-corrected chi connectivity index (χ1v) is 5.46. The van der Waals surface area contributed by atoms with E-state index in [1.807, 2.05) is 0 Å². The molecule has 88 valence electrons. The summed E-state index contributed by atoms with van der Waals surface area (Å²) in [6, 6.07) is 11.4. The summed E-state index contributed by atoms with van der Waals surface area (Å²) < 4.78 is 18.8. The Morgan fingerprint density at radius 1 is 1.18 bits per heavy atom. The molecule has 2 aromatic rings. The van der Waals surface area contributed by atoms with Crippen molar-refractivity contribution in [3.8, 4) is 5.75 Å². The van der Waals surface area contributed by atoms with Gasteiger partial charge in [0.1, 0.15) is 18.2 Å². The number of nitrogen functional groups attached to an aromatic ring is 1. The molecule has 2 N–H and O–H groups in total. The largest absolute Gasteiger partial charge is 0.487 e. The van der Waals surface area contributed by atoms with Crippen molar-refractivity contribution in [3.63, 3.8) is 0 Å². The Kier molecular flexibility index (Phi) is 3.49. The minimum absolute atomic E-state index is 0.137. The van der Waals surface area contributed by atoms with Crippen LogP contribution in [0, 0.1) is 5.82 Å². The van der Waals surface area contributed by atoms with Gasteiger partial charge in [-0.25, -0.2) is 4.39 Å². The van der Waals surface area contributed by atoms with Crippen LogP contribution in [0.3, 0.4) is 0 Å². The molecule has 0 bridgehead atoms. The van der Waals surface area contributed by atoms with E-state index in [-0.39, 0.29) is 12.4 Å². The van der Waals surface area contributed by atoms with Gasteiger partial charge in [0.05, 0.1) is 5.69 Å². The number of halogens is 2. The molecule has 0 aliphatic rings. The highest BCUT2D eigenvalue weighted by molar-refractivity contribution is 6.30. The number of benzene rings is 2. The molecule has 0 radical (unpaired) electrons. The Morgan fingerprint density at radius 2 is 1.94 bits per heavy atom. The van der Waals surface area contributed by atoms with E-state index in [9.17, 15) is 4.39 Å². The highest BCUT2D eigenvalue weighted by Crippen LogP contribution is 2.25. The first kappa shape index (κ1) is 11.7. The lowest BCUT2D eigenvalue weighted by Crippen LogP contribution is -2.00. The van der Waals surface area contributed by atoms with Crippen molar-refractivity contribution in [2.24, 2.45) is 0 Å². The summed E-state index contributed by atoms with van der Waals surface area (Å²) in [5.41, 5.74) is 6.65. The molecule has 0 fully saturated rings. The number of anilines is 1. The molecule has 0 spiro atoms. The molecule has 2 rings (SSSR count). The van der Waals surface area contributed by atoms with Gasteiger partial charge in [-0.3, -0.25) is 0 Å². The van der Waals surface area contributed by atoms with Crippen molar-refractivity contribution in [1.82, 2.24) is 0 Å². The summed E-state index contributed by atoms with van der Waals surface area (Å²) in [5, 5.41) is 0.542. The van der Waals surface area contributed by atoms with Crippen LogP contribution in [0.1, 0.15) is 5.56 Å². The number of hydrogen-bond acceptors (Lipinski definition) is 2. The zero-order valence-electron chi connectivity index (χ0n) is 8.99. The van der Waals surface area contributed by atoms with Gasteiger partial charge in [-0.15, -0.1) is 0 Å². The molecule has 0 aliphatic carbocycles. The van der Waals surface area contributed by atoms with Crippen LogP contribution >= 0.6 is 11.6 Å². The number of rotatable bonds is 3. The molecular weight excluding hydrogens is 241 g/mol. The first-order chi connectivity index (χ1) is 8.16. The number of ether oxygens (including phenoxy) is 1. The second kappa shape index (κ2) is 5.06. The van der Waals surface area contributed by atoms with E-state index in [0.717, 1.165) is 0 Å². The van der Waals surface area contributed by atoms with Crippen LogP contribution < -0.4 is 10.5 Å². The maximum atomic E-state index is 13.3. The summed E-state index contributed by atoms with van der Waals surface area (Å²) in [6.07, 6.45) is 0. The van der Waals surface area contributed by atoms with Gasteiger partial charge in [0.2, 0.25) is 0 Å². The minimum Gasteiger partial charge on any atom is -0.487 e. The first-order valence-electron chi connectivity index (χ1n) is 5.08. The predicted octanol–water partition coefficient (Wildman–Crippen LogP) is 3.64. The van der Waals surface area contributed by atoms with Gasteiger partial charge in [-0.1, -0.05) is 29.8 Å². The molecule has 2 aromatic carbocycles. The lowest BCUT2D eigenvalue weighted by atomic mass is 10.2. The van der Waals surface area contributed by atoms with E-state index in [1.54, 1.807) is 36.4 Å². The van der Waals surface area contributed by atoms with Gasteiger partial charge in [-0.2, -0.15) is 0 Å². The number of hydrogen-bond donors (Lipinski definition) is 1. The molecule has 0 aliphatic heterocycles. The lowest BCUT2D eigenvalue weighted by Gasteiger charge is -2.09. The molecule has 0 saturated heterocycles. The minimum atomic E-state index is -0.292. The van der Waals surface area contributed by atoms with Gasteiger partial charge in [0.15, 0.2) is 0 Å². The van der Waals surface area contributed by atoms with E-state index in [4.69, 9.17) is 22.1 Å². The Bertz CT molecular complexity index is 531. The second-order valence-electron chi connectivity index (χ2n) is 3.56. The maximum absolute atomic E-state index is 13.3. The zero-order valence-corrected chi connectivity index (χ0v) is 9.75. The average Bonchev–Trinajstić information content (AvgIpc) is 2.30. The zero-order chi connectivity index (χ0) is 12.3. The molecule has 4 heteroatoms. The standard InChI is InChI=1S/C13H11ClFNO/c14-10-5-6-13(12(16)7-10)17-8-9-3-1-2-4-11(9)15/h1-7H,8,16H2. The van der Waals surface area contributed by atoms with Crippen LogP contribution in [-0.4, -0.2) is 0 Å². The van der Waals surface area contributed by atoms with Crippen LogP contribution in [-0.2, 0) is 6.61 Å². The highest BCUT2D eigenvalue weighted by atomic mass is 35.5. The molecule has 0 atom stereocenters. The fourth-order valence-electron chi connectivity index (χ4n) is 1.42. The summed E-state index contributed by atoms with van der Waals surface area (Å²) in [6.45, 7) is 0.137. The second-order valence-corrected chi connectivity index (χ2v) is 4.00. The summed E-state index contributed by atoms with van der Waals surface area (Å²) in [7, 11) is 0. The van der Waals surface area contributed by atoms with Gasteiger partial charge in [-0.05, 0) is 24.3 Å². The van der Waals surface area contributed by atoms with Crippen molar-refractivity contribution in [1.29, 1.82) is 0 Å². The summed E-state index contributed by atoms with van der Waals surface area (Å²) in [5.74, 6) is 0.206. The number of nitrogens with two attached hydrogens (primary N) is 1. The van der Waals surface area contributed by atoms with Crippen molar-refractivity contribution >= 4 is 17.3 Å². The Hall–Kier alpha value is -1.74. The fourth-order valence-corrected chi connectivity index (χ4v) is 1.60. The maximum Gasteiger partial charge on any atom is 0.142 e. The SMILES string of the molecule is Nc1cc(Cl)ccc1OCc1ccccc1F. The van der Waals surface area contributed by atoms with Crippen LogP contribution in [0.25, 0.3) is 0 Å². The van der Waals surface area contributed by atoms with E-state index in [2.05, 4.69) is 0 Å². The van der Waals surface area contributed by atoms with Crippen LogP contribution in [0.2, 0.25) is 5.02 Å². The molecule has 0 amide bonds. The van der Waals surface area contributed by atoms with Gasteiger partial charge < -0.3 is 10.5 Å². The molecule has 0 heterocycles. The molecular formula is C13H11ClFNO. The van der Waals surface area contributed by atoms with Crippen LogP contribution in [0.15, 0.2) is 42.5 Å². The molecule has 0 unspecified atom stereocenters. The predicted molar refractivity (Wildman–Crippen MR) is 66.6 cm³/mol. The third-order valence-corrected chi connectivity index (χ3v) is 2.55. The Morgan fingerprint density at radius 3 is 2.65 bits per heavy atom. The van der Waals surface area contributed by atoms with Crippen molar-refractivity contribution in [2.75, 3.05) is 5.73 Å². The fraction of sp³-hybridized carbons (Fsp3) is 0.0769. The molecule has 0 aromatic heterocycles. The van der Waals surface area contributed by atoms with Gasteiger partial charge in [0, 0.05) is 10.6 Å². The third-order valence-electron chi connectivity index (χ3n) is 2.31. The molecule has 17 heavy (non-hydrogen) atoms. The quantitative estimate of drug-likeness (QED) is 0.846. The van der Waals surface area contributed by atoms with Gasteiger partial charge in [0.25, 0.3) is 0 Å². The van der Waals surface area contributed by atoms with E-state index < -0.39 is 0 Å². The van der Waals surface area contributed by atoms with Crippen LogP contribution in [0.4, 0.5) is 10.1 Å². The normalized spacial score (nSPS) is 10.2. The van der Waals surface area contributed by atoms with E-state index >= 15 is 0 Å². The summed E-state index contributed by atoms with van der Waals surface area (Å²) >= 11 is 5.76. The van der Waals surface area contributed by atoms with Crippen molar-refractivity contribution in [3.05, 3.63) is 58.9 Å². The summed E-state index contributed by atoms with van der Waals surface area (Å²) in [4.78, 5) is 0. The van der Waals surface area contributed by atoms with Crippen molar-refractivity contribution in [2.45, 2.75) is 6.61 Å². The highest BCUT2D eigenvalue weighted by Gasteiger charge is 2.04. The average molecular weight is 252 g/mol. The van der Waals surface area contributed by atoms with Crippen molar-refractivity contribution < 1.29 is 9.13 Å². The smallest absolute Gasteiger partial charge is 0.142 e. The lowest BCUT2D eigenvalue weighted by molar-refractivity contribution is 0.301. The molecule has 2 nitrogen and oxygen atoms in total. The monoisotopic (exact) mass is 251 g/mol. The van der Waals surface area contributed by atoms with E-state index in [1.165, 1.54) is 6.07 Å². The topological polar surface area (TPSA) is 35.2 Å². The van der Waals surface area contributed by atoms with Crippen LogP contribution in [0.5, 0.6) is 5.75 Å². The molecule has 0 saturated carbocycles. The third kappa shape index (κ3) is 2.88. The van der Waals surface area contributed by atoms with E-state index in [0.29, 0.717) is 22.0 Å².